The Balaban J connectivity index is 1.57. The Kier molecular flexibility index (Phi) is 8.29. The van der Waals surface area contributed by atoms with Crippen LogP contribution in [0.1, 0.15) is 52.1 Å². The van der Waals surface area contributed by atoms with E-state index in [4.69, 9.17) is 10.7 Å². The van der Waals surface area contributed by atoms with Crippen LogP contribution in [0.2, 0.25) is 0 Å². The number of aromatic nitrogens is 2. The molecule has 0 radical (unpaired) electrons. The molecule has 2 heterocycles. The van der Waals surface area contributed by atoms with E-state index in [1.54, 1.807) is 12.5 Å². The molecule has 1 unspecified atom stereocenters. The molecule has 1 atom stereocenters. The number of guanidine groups is 1. The molecule has 1 amide bonds. The van der Waals surface area contributed by atoms with Crippen molar-refractivity contribution < 1.29 is 4.79 Å². The fourth-order valence-corrected chi connectivity index (χ4v) is 3.23. The van der Waals surface area contributed by atoms with Gasteiger partial charge in [0, 0.05) is 51.5 Å². The maximum atomic E-state index is 12.0. The highest BCUT2D eigenvalue weighted by Gasteiger charge is 2.25. The summed E-state index contributed by atoms with van der Waals surface area (Å²) in [6, 6.07) is -0.534. The highest BCUT2D eigenvalue weighted by molar-refractivity contribution is 5.82. The zero-order valence-corrected chi connectivity index (χ0v) is 17.9. The lowest BCUT2D eigenvalue weighted by Crippen LogP contribution is -2.42. The van der Waals surface area contributed by atoms with Gasteiger partial charge in [0.25, 0.3) is 0 Å². The Morgan fingerprint density at radius 1 is 1.32 bits per heavy atom. The Hall–Kier alpha value is -2.09. The molecule has 4 N–H and O–H groups in total. The molecule has 0 aliphatic carbocycles. The number of aromatic amines is 1. The molecule has 0 bridgehead atoms. The third kappa shape index (κ3) is 7.50. The topological polar surface area (TPSA) is 103 Å². The van der Waals surface area contributed by atoms with Crippen LogP contribution in [0.15, 0.2) is 17.5 Å². The minimum Gasteiger partial charge on any atom is -0.355 e. The van der Waals surface area contributed by atoms with Crippen LogP contribution < -0.4 is 11.1 Å². The van der Waals surface area contributed by atoms with E-state index in [0.29, 0.717) is 13.0 Å². The second-order valence-electron chi connectivity index (χ2n) is 8.58. The Labute approximate surface area is 169 Å². The number of hydrogen-bond acceptors (Lipinski definition) is 4. The molecular formula is C20H37N7O. The van der Waals surface area contributed by atoms with Gasteiger partial charge in [0.1, 0.15) is 0 Å². The summed E-state index contributed by atoms with van der Waals surface area (Å²) in [5.41, 5.74) is 6.75. The van der Waals surface area contributed by atoms with Gasteiger partial charge in [-0.05, 0) is 33.6 Å². The minimum atomic E-state index is -0.534. The molecule has 2 rings (SSSR count). The Morgan fingerprint density at radius 3 is 2.75 bits per heavy atom. The van der Waals surface area contributed by atoms with Crippen molar-refractivity contribution in [3.05, 3.63) is 18.2 Å². The second-order valence-corrected chi connectivity index (χ2v) is 8.58. The van der Waals surface area contributed by atoms with Crippen molar-refractivity contribution >= 4 is 11.9 Å². The van der Waals surface area contributed by atoms with Crippen LogP contribution in [0.5, 0.6) is 0 Å². The monoisotopic (exact) mass is 391 g/mol. The maximum Gasteiger partial charge on any atom is 0.237 e. The van der Waals surface area contributed by atoms with E-state index in [2.05, 4.69) is 52.9 Å². The van der Waals surface area contributed by atoms with Crippen LogP contribution in [-0.4, -0.2) is 76.4 Å². The Morgan fingerprint density at radius 2 is 2.07 bits per heavy atom. The first-order valence-electron chi connectivity index (χ1n) is 10.3. The summed E-state index contributed by atoms with van der Waals surface area (Å²) in [7, 11) is 2.12. The van der Waals surface area contributed by atoms with Crippen molar-refractivity contribution in [3.63, 3.8) is 0 Å². The number of imidazole rings is 1. The number of hydrogen-bond donors (Lipinski definition) is 3. The van der Waals surface area contributed by atoms with Crippen LogP contribution in [-0.2, 0) is 11.2 Å². The number of nitrogens with one attached hydrogen (secondary N) is 2. The van der Waals surface area contributed by atoms with Crippen molar-refractivity contribution in [2.24, 2.45) is 10.7 Å². The van der Waals surface area contributed by atoms with Gasteiger partial charge in [0.2, 0.25) is 5.91 Å². The highest BCUT2D eigenvalue weighted by atomic mass is 16.2. The average molecular weight is 392 g/mol. The summed E-state index contributed by atoms with van der Waals surface area (Å²) in [4.78, 5) is 28.4. The summed E-state index contributed by atoms with van der Waals surface area (Å²) in [5.74, 6) is 1.02. The third-order valence-electron chi connectivity index (χ3n) is 4.75. The summed E-state index contributed by atoms with van der Waals surface area (Å²) >= 11 is 0. The number of amides is 1. The number of rotatable bonds is 10. The maximum absolute atomic E-state index is 12.0. The highest BCUT2D eigenvalue weighted by Crippen LogP contribution is 2.15. The van der Waals surface area contributed by atoms with Crippen LogP contribution >= 0.6 is 0 Å². The zero-order valence-electron chi connectivity index (χ0n) is 17.9. The first-order valence-corrected chi connectivity index (χ1v) is 10.3. The Bertz CT molecular complexity index is 621. The average Bonchev–Trinajstić information content (AvgIpc) is 3.24. The van der Waals surface area contributed by atoms with Gasteiger partial charge in [-0.15, -0.1) is 0 Å². The van der Waals surface area contributed by atoms with Crippen LogP contribution in [0.4, 0.5) is 0 Å². The van der Waals surface area contributed by atoms with Gasteiger partial charge >= 0.3 is 0 Å². The molecule has 1 saturated heterocycles. The molecular weight excluding hydrogens is 354 g/mol. The predicted molar refractivity (Wildman–Crippen MR) is 113 cm³/mol. The molecule has 158 valence electrons. The van der Waals surface area contributed by atoms with Crippen LogP contribution in [0, 0.1) is 0 Å². The number of nitrogens with two attached hydrogens (primary N) is 1. The number of H-pyrrole nitrogens is 1. The number of likely N-dealkylation sites (N-methyl/N-ethyl adjacent to an activating group) is 1. The van der Waals surface area contributed by atoms with Crippen molar-refractivity contribution in [2.75, 3.05) is 33.2 Å². The number of aliphatic imine (C=N–C) groups is 1. The largest absolute Gasteiger partial charge is 0.355 e. The normalized spacial score (nSPS) is 17.4. The van der Waals surface area contributed by atoms with Crippen molar-refractivity contribution in [3.8, 4) is 0 Å². The predicted octanol–water partition coefficient (Wildman–Crippen LogP) is 1.36. The fraction of sp³-hybridized carbons (Fsp3) is 0.750. The lowest BCUT2D eigenvalue weighted by molar-refractivity contribution is -0.122. The quantitative estimate of drug-likeness (QED) is 0.523. The molecule has 1 aliphatic heterocycles. The van der Waals surface area contributed by atoms with Gasteiger partial charge in [-0.2, -0.15) is 0 Å². The summed E-state index contributed by atoms with van der Waals surface area (Å²) in [6.07, 6.45) is 8.15. The zero-order chi connectivity index (χ0) is 20.6. The van der Waals surface area contributed by atoms with Gasteiger partial charge in [-0.1, -0.05) is 12.8 Å². The van der Waals surface area contributed by atoms with Crippen LogP contribution in [0.3, 0.4) is 0 Å². The molecule has 0 aromatic carbocycles. The van der Waals surface area contributed by atoms with Gasteiger partial charge in [0.05, 0.1) is 17.9 Å². The number of carbonyl (C=O) groups excluding carboxylic acids is 1. The van der Waals surface area contributed by atoms with E-state index in [1.165, 1.54) is 0 Å². The first kappa shape index (κ1) is 22.2. The van der Waals surface area contributed by atoms with E-state index >= 15 is 0 Å². The van der Waals surface area contributed by atoms with E-state index in [9.17, 15) is 4.79 Å². The molecule has 0 spiro atoms. The van der Waals surface area contributed by atoms with Gasteiger partial charge in [0.15, 0.2) is 5.96 Å². The molecule has 1 aromatic rings. The van der Waals surface area contributed by atoms with Gasteiger partial charge < -0.3 is 25.8 Å². The van der Waals surface area contributed by atoms with Crippen LogP contribution in [0.25, 0.3) is 0 Å². The van der Waals surface area contributed by atoms with E-state index in [-0.39, 0.29) is 11.4 Å². The van der Waals surface area contributed by atoms with Crippen molar-refractivity contribution in [1.29, 1.82) is 0 Å². The van der Waals surface area contributed by atoms with E-state index in [1.807, 2.05) is 0 Å². The van der Waals surface area contributed by atoms with E-state index < -0.39 is 6.04 Å². The second kappa shape index (κ2) is 10.5. The molecule has 1 aliphatic rings. The molecule has 28 heavy (non-hydrogen) atoms. The van der Waals surface area contributed by atoms with Gasteiger partial charge in [-0.25, -0.2) is 9.98 Å². The molecule has 0 saturated carbocycles. The van der Waals surface area contributed by atoms with Gasteiger partial charge in [-0.3, -0.25) is 4.79 Å². The molecule has 8 nitrogen and oxygen atoms in total. The number of nitrogens with zero attached hydrogens (tertiary/aromatic N) is 4. The smallest absolute Gasteiger partial charge is 0.237 e. The fourth-order valence-electron chi connectivity index (χ4n) is 3.23. The lowest BCUT2D eigenvalue weighted by atomic mass is 10.1. The summed E-state index contributed by atoms with van der Waals surface area (Å²) in [6.45, 7) is 10.2. The molecule has 1 aromatic heterocycles. The minimum absolute atomic E-state index is 0.0529. The summed E-state index contributed by atoms with van der Waals surface area (Å²) in [5, 5.41) is 2.93. The lowest BCUT2D eigenvalue weighted by Gasteiger charge is -2.24. The standard InChI is InChI=1S/C20H37N7O/c1-20(2,3)25-19-26(4)11-12-27(19)10-8-6-5-7-9-23-18(28)17(21)13-16-14-22-15-24-16/h14-15,17H,5-13,21H2,1-4H3,(H,22,24)(H,23,28). The molecule has 1 fully saturated rings. The molecule has 8 heteroatoms. The van der Waals surface area contributed by atoms with E-state index in [0.717, 1.165) is 57.0 Å². The SMILES string of the molecule is CN1CCN(CCCCCCNC(=O)C(N)Cc2cnc[nH]2)C1=NC(C)(C)C. The third-order valence-corrected chi connectivity index (χ3v) is 4.75. The van der Waals surface area contributed by atoms with Crippen molar-refractivity contribution in [2.45, 2.75) is 64.5 Å². The summed E-state index contributed by atoms with van der Waals surface area (Å²) < 4.78 is 0. The number of carbonyl (C=O) groups is 1. The first-order chi connectivity index (χ1) is 13.3. The number of unbranched alkanes of at least 4 members (excludes halogenated alkanes) is 3. The van der Waals surface area contributed by atoms with Crippen molar-refractivity contribution in [1.82, 2.24) is 25.1 Å².